The van der Waals surface area contributed by atoms with Crippen LogP contribution < -0.4 is 16.4 Å². The van der Waals surface area contributed by atoms with Crippen molar-refractivity contribution in [2.45, 2.75) is 13.3 Å². The van der Waals surface area contributed by atoms with E-state index in [-0.39, 0.29) is 0 Å². The van der Waals surface area contributed by atoms with Crippen molar-refractivity contribution in [1.82, 2.24) is 4.98 Å². The lowest BCUT2D eigenvalue weighted by atomic mass is 9.94. The zero-order valence-corrected chi connectivity index (χ0v) is 15.9. The minimum Gasteiger partial charge on any atom is -0.383 e. The molecule has 1 aliphatic heterocycles. The Morgan fingerprint density at radius 3 is 2.50 bits per heavy atom. The summed E-state index contributed by atoms with van der Waals surface area (Å²) in [7, 11) is 0. The number of aromatic nitrogens is 1. The van der Waals surface area contributed by atoms with Gasteiger partial charge in [0.2, 0.25) is 5.91 Å². The van der Waals surface area contributed by atoms with Crippen LogP contribution >= 0.6 is 0 Å². The fourth-order valence-corrected chi connectivity index (χ4v) is 3.76. The van der Waals surface area contributed by atoms with E-state index < -0.39 is 5.91 Å². The molecule has 144 valence electrons. The predicted molar refractivity (Wildman–Crippen MR) is 113 cm³/mol. The van der Waals surface area contributed by atoms with E-state index in [9.17, 15) is 4.79 Å². The van der Waals surface area contributed by atoms with E-state index >= 15 is 0 Å². The van der Waals surface area contributed by atoms with Crippen LogP contribution in [0.4, 0.5) is 11.5 Å². The number of hydrogen-bond acceptors (Lipinski definition) is 5. The monoisotopic (exact) mass is 376 g/mol. The number of rotatable bonds is 4. The molecular formula is C22H24N4O2. The average Bonchev–Trinajstić information content (AvgIpc) is 2.73. The largest absolute Gasteiger partial charge is 0.383 e. The van der Waals surface area contributed by atoms with Crippen molar-refractivity contribution in [1.29, 1.82) is 0 Å². The molecule has 2 heterocycles. The Kier molecular flexibility index (Phi) is 4.88. The highest BCUT2D eigenvalue weighted by Gasteiger charge is 2.20. The van der Waals surface area contributed by atoms with Crippen LogP contribution in [0.3, 0.4) is 0 Å². The van der Waals surface area contributed by atoms with Crippen molar-refractivity contribution in [3.05, 3.63) is 53.6 Å². The first-order chi connectivity index (χ1) is 13.6. The number of nitrogen functional groups attached to an aromatic ring is 1. The van der Waals surface area contributed by atoms with Gasteiger partial charge >= 0.3 is 0 Å². The van der Waals surface area contributed by atoms with Crippen molar-refractivity contribution in [3.63, 3.8) is 0 Å². The number of primary amides is 1. The number of carbonyl (C=O) groups excluding carboxylic acids is 1. The number of pyridine rings is 1. The highest BCUT2D eigenvalue weighted by atomic mass is 16.5. The molecule has 0 aliphatic carbocycles. The van der Waals surface area contributed by atoms with Gasteiger partial charge in [-0.15, -0.1) is 0 Å². The fourth-order valence-electron chi connectivity index (χ4n) is 3.76. The van der Waals surface area contributed by atoms with Gasteiger partial charge in [-0.2, -0.15) is 0 Å². The standard InChI is InChI=1S/C22H24N4O2/c1-2-14-3-8-18-17(13-14)20(22(24)27)19(21(23)25-18)15-4-6-16(7-5-15)26-9-11-28-12-10-26/h3-8,13H,2,9-12H2,1H3,(H2,23,25)(H2,24,27). The van der Waals surface area contributed by atoms with Crippen LogP contribution in [0.5, 0.6) is 0 Å². The highest BCUT2D eigenvalue weighted by molar-refractivity contribution is 6.13. The second kappa shape index (κ2) is 7.48. The predicted octanol–water partition coefficient (Wildman–Crippen LogP) is 2.98. The van der Waals surface area contributed by atoms with Gasteiger partial charge in [0.05, 0.1) is 24.3 Å². The van der Waals surface area contributed by atoms with Gasteiger partial charge in [0.25, 0.3) is 0 Å². The Morgan fingerprint density at radius 1 is 1.14 bits per heavy atom. The number of fused-ring (bicyclic) bond motifs is 1. The molecule has 0 bridgehead atoms. The molecule has 1 amide bonds. The normalized spacial score (nSPS) is 14.4. The topological polar surface area (TPSA) is 94.5 Å². The number of nitrogens with two attached hydrogens (primary N) is 2. The number of benzene rings is 2. The lowest BCUT2D eigenvalue weighted by Crippen LogP contribution is -2.36. The number of carbonyl (C=O) groups is 1. The molecule has 2 aromatic carbocycles. The van der Waals surface area contributed by atoms with Crippen molar-refractivity contribution >= 4 is 28.3 Å². The van der Waals surface area contributed by atoms with Gasteiger partial charge < -0.3 is 21.1 Å². The number of ether oxygens (including phenoxy) is 1. The summed E-state index contributed by atoms with van der Waals surface area (Å²) in [6, 6.07) is 13.9. The molecule has 6 nitrogen and oxygen atoms in total. The molecular weight excluding hydrogens is 352 g/mol. The summed E-state index contributed by atoms with van der Waals surface area (Å²) >= 11 is 0. The van der Waals surface area contributed by atoms with Crippen molar-refractivity contribution < 1.29 is 9.53 Å². The minimum atomic E-state index is -0.500. The second-order valence-electron chi connectivity index (χ2n) is 6.96. The fraction of sp³-hybridized carbons (Fsp3) is 0.273. The van der Waals surface area contributed by atoms with Crippen LogP contribution in [0.2, 0.25) is 0 Å². The van der Waals surface area contributed by atoms with Crippen molar-refractivity contribution in [2.24, 2.45) is 5.73 Å². The smallest absolute Gasteiger partial charge is 0.250 e. The first-order valence-corrected chi connectivity index (χ1v) is 9.53. The van der Waals surface area contributed by atoms with Crippen LogP contribution in [0, 0.1) is 0 Å². The molecule has 0 unspecified atom stereocenters. The number of hydrogen-bond donors (Lipinski definition) is 2. The maximum atomic E-state index is 12.4. The number of aryl methyl sites for hydroxylation is 1. The zero-order valence-electron chi connectivity index (χ0n) is 15.9. The zero-order chi connectivity index (χ0) is 19.7. The van der Waals surface area contributed by atoms with Gasteiger partial charge in [0.15, 0.2) is 0 Å². The number of nitrogens with zero attached hydrogens (tertiary/aromatic N) is 2. The summed E-state index contributed by atoms with van der Waals surface area (Å²) in [5.74, 6) is -0.190. The minimum absolute atomic E-state index is 0.310. The Morgan fingerprint density at radius 2 is 1.86 bits per heavy atom. The van der Waals surface area contributed by atoms with Crippen LogP contribution in [-0.2, 0) is 11.2 Å². The van der Waals surface area contributed by atoms with E-state index in [2.05, 4.69) is 16.8 Å². The van der Waals surface area contributed by atoms with Crippen LogP contribution in [0.15, 0.2) is 42.5 Å². The van der Waals surface area contributed by atoms with E-state index in [1.807, 2.05) is 42.5 Å². The summed E-state index contributed by atoms with van der Waals surface area (Å²) in [6.07, 6.45) is 0.863. The van der Waals surface area contributed by atoms with Gasteiger partial charge in [-0.3, -0.25) is 4.79 Å². The summed E-state index contributed by atoms with van der Waals surface area (Å²) in [4.78, 5) is 19.2. The lowest BCUT2D eigenvalue weighted by Gasteiger charge is -2.29. The van der Waals surface area contributed by atoms with E-state index in [1.165, 1.54) is 0 Å². The molecule has 0 saturated carbocycles. The van der Waals surface area contributed by atoms with Gasteiger partial charge in [-0.05, 0) is 41.8 Å². The quantitative estimate of drug-likeness (QED) is 0.730. The number of anilines is 2. The summed E-state index contributed by atoms with van der Waals surface area (Å²) in [5.41, 5.74) is 16.8. The number of amides is 1. The van der Waals surface area contributed by atoms with E-state index in [1.54, 1.807) is 0 Å². The molecule has 0 radical (unpaired) electrons. The highest BCUT2D eigenvalue weighted by Crippen LogP contribution is 2.35. The first kappa shape index (κ1) is 18.3. The lowest BCUT2D eigenvalue weighted by molar-refractivity contribution is 0.100. The average molecular weight is 376 g/mol. The Bertz CT molecular complexity index is 1020. The SMILES string of the molecule is CCc1ccc2nc(N)c(-c3ccc(N4CCOCC4)cc3)c(C(N)=O)c2c1. The molecule has 0 spiro atoms. The molecule has 1 aromatic heterocycles. The van der Waals surface area contributed by atoms with E-state index in [4.69, 9.17) is 16.2 Å². The molecule has 4 rings (SSSR count). The third kappa shape index (κ3) is 3.27. The van der Waals surface area contributed by atoms with Gasteiger partial charge in [-0.25, -0.2) is 4.98 Å². The first-order valence-electron chi connectivity index (χ1n) is 9.53. The Balaban J connectivity index is 1.84. The van der Waals surface area contributed by atoms with Crippen LogP contribution in [-0.4, -0.2) is 37.2 Å². The van der Waals surface area contributed by atoms with Gasteiger partial charge in [-0.1, -0.05) is 25.1 Å². The van der Waals surface area contributed by atoms with Crippen molar-refractivity contribution in [3.8, 4) is 11.1 Å². The molecule has 0 atom stereocenters. The molecule has 4 N–H and O–H groups in total. The molecule has 3 aromatic rings. The molecule has 1 aliphatic rings. The van der Waals surface area contributed by atoms with Crippen LogP contribution in [0.25, 0.3) is 22.0 Å². The second-order valence-corrected chi connectivity index (χ2v) is 6.96. The maximum absolute atomic E-state index is 12.4. The molecule has 1 fully saturated rings. The maximum Gasteiger partial charge on any atom is 0.250 e. The summed E-state index contributed by atoms with van der Waals surface area (Å²) < 4.78 is 5.41. The third-order valence-corrected chi connectivity index (χ3v) is 5.26. The van der Waals surface area contributed by atoms with E-state index in [0.717, 1.165) is 54.9 Å². The number of morpholine rings is 1. The molecule has 28 heavy (non-hydrogen) atoms. The van der Waals surface area contributed by atoms with E-state index in [0.29, 0.717) is 22.5 Å². The van der Waals surface area contributed by atoms with Crippen molar-refractivity contribution in [2.75, 3.05) is 36.9 Å². The molecule has 1 saturated heterocycles. The third-order valence-electron chi connectivity index (χ3n) is 5.26. The Hall–Kier alpha value is -3.12. The van der Waals surface area contributed by atoms with Gasteiger partial charge in [0, 0.05) is 29.7 Å². The van der Waals surface area contributed by atoms with Crippen LogP contribution in [0.1, 0.15) is 22.8 Å². The van der Waals surface area contributed by atoms with Gasteiger partial charge in [0.1, 0.15) is 5.82 Å². The Labute approximate surface area is 164 Å². The summed E-state index contributed by atoms with van der Waals surface area (Å²) in [6.45, 7) is 5.27. The molecule has 6 heteroatoms. The summed E-state index contributed by atoms with van der Waals surface area (Å²) in [5, 5.41) is 0.744.